The lowest BCUT2D eigenvalue weighted by Crippen LogP contribution is -2.46. The number of amides is 2. The van der Waals surface area contributed by atoms with Gasteiger partial charge in [-0.1, -0.05) is 0 Å². The number of aliphatic carboxylic acids is 1. The summed E-state index contributed by atoms with van der Waals surface area (Å²) in [6.45, 7) is 1.78. The zero-order valence-corrected chi connectivity index (χ0v) is 12.6. The Morgan fingerprint density at radius 3 is 2.65 bits per heavy atom. The molecule has 2 amide bonds. The molecule has 1 aromatic carbocycles. The van der Waals surface area contributed by atoms with Crippen molar-refractivity contribution < 1.29 is 23.9 Å². The highest BCUT2D eigenvalue weighted by atomic mass is 19.1. The third kappa shape index (κ3) is 2.78. The number of carbonyl (C=O) groups excluding carboxylic acids is 2. The Bertz CT molecular complexity index is 699. The molecule has 1 aliphatic carbocycles. The molecule has 0 bridgehead atoms. The topological polar surface area (TPSA) is 86.7 Å². The van der Waals surface area contributed by atoms with E-state index in [1.54, 1.807) is 13.0 Å². The molecular formula is C16H17FN2O4. The second kappa shape index (κ2) is 5.33. The molecule has 1 saturated heterocycles. The second-order valence-electron chi connectivity index (χ2n) is 6.22. The van der Waals surface area contributed by atoms with Crippen molar-refractivity contribution in [3.63, 3.8) is 0 Å². The van der Waals surface area contributed by atoms with Gasteiger partial charge in [-0.2, -0.15) is 0 Å². The van der Waals surface area contributed by atoms with Crippen molar-refractivity contribution in [2.24, 2.45) is 5.92 Å². The quantitative estimate of drug-likeness (QED) is 0.873. The Balaban J connectivity index is 1.71. The first-order valence-corrected chi connectivity index (χ1v) is 7.44. The minimum absolute atomic E-state index is 0.0258. The molecule has 1 atom stereocenters. The molecule has 6 nitrogen and oxygen atoms in total. The summed E-state index contributed by atoms with van der Waals surface area (Å²) in [5.41, 5.74) is -0.186. The summed E-state index contributed by atoms with van der Waals surface area (Å²) >= 11 is 0. The van der Waals surface area contributed by atoms with Crippen LogP contribution < -0.4 is 10.2 Å². The van der Waals surface area contributed by atoms with E-state index in [0.717, 1.165) is 0 Å². The van der Waals surface area contributed by atoms with Gasteiger partial charge in [0.25, 0.3) is 0 Å². The number of hydrogen-bond acceptors (Lipinski definition) is 3. The number of benzene rings is 1. The van der Waals surface area contributed by atoms with Crippen LogP contribution in [0, 0.1) is 18.7 Å². The Kier molecular flexibility index (Phi) is 3.58. The molecule has 122 valence electrons. The van der Waals surface area contributed by atoms with Gasteiger partial charge >= 0.3 is 5.97 Å². The molecule has 0 radical (unpaired) electrons. The normalized spacial score (nSPS) is 22.1. The van der Waals surface area contributed by atoms with Crippen LogP contribution in [-0.2, 0) is 14.4 Å². The summed E-state index contributed by atoms with van der Waals surface area (Å²) in [4.78, 5) is 36.9. The molecule has 1 aromatic rings. The van der Waals surface area contributed by atoms with E-state index in [-0.39, 0.29) is 24.7 Å². The lowest BCUT2D eigenvalue weighted by molar-refractivity contribution is -0.143. The largest absolute Gasteiger partial charge is 0.480 e. The molecule has 23 heavy (non-hydrogen) atoms. The van der Waals surface area contributed by atoms with Gasteiger partial charge in [-0.05, 0) is 43.5 Å². The zero-order valence-electron chi connectivity index (χ0n) is 12.6. The van der Waals surface area contributed by atoms with E-state index >= 15 is 0 Å². The van der Waals surface area contributed by atoms with Crippen molar-refractivity contribution >= 4 is 23.5 Å². The van der Waals surface area contributed by atoms with E-state index < -0.39 is 23.3 Å². The number of carboxylic acids is 1. The number of carboxylic acid groups (broad SMARTS) is 1. The maximum Gasteiger partial charge on any atom is 0.329 e. The standard InChI is InChI=1S/C16H17FN2O4/c1-9-6-11(2-3-12(9)17)19-8-10(7-13(19)20)14(21)18-16(4-5-16)15(22)23/h2-3,6,10H,4-5,7-8H2,1H3,(H,18,21)(H,22,23). The second-order valence-corrected chi connectivity index (χ2v) is 6.22. The number of nitrogens with one attached hydrogen (secondary N) is 1. The van der Waals surface area contributed by atoms with Gasteiger partial charge < -0.3 is 15.3 Å². The molecule has 1 aliphatic heterocycles. The predicted octanol–water partition coefficient (Wildman–Crippen LogP) is 1.22. The lowest BCUT2D eigenvalue weighted by Gasteiger charge is -2.18. The van der Waals surface area contributed by atoms with Crippen LogP contribution in [0.15, 0.2) is 18.2 Å². The molecular weight excluding hydrogens is 303 g/mol. The SMILES string of the molecule is Cc1cc(N2CC(C(=O)NC3(C(=O)O)CC3)CC2=O)ccc1F. The third-order valence-electron chi connectivity index (χ3n) is 4.47. The fourth-order valence-corrected chi connectivity index (χ4v) is 2.78. The summed E-state index contributed by atoms with van der Waals surface area (Å²) in [6, 6.07) is 4.35. The van der Waals surface area contributed by atoms with E-state index in [4.69, 9.17) is 5.11 Å². The van der Waals surface area contributed by atoms with Crippen molar-refractivity contribution in [1.82, 2.24) is 5.32 Å². The molecule has 2 N–H and O–H groups in total. The number of anilines is 1. The Hall–Kier alpha value is -2.44. The first kappa shape index (κ1) is 15.5. The predicted molar refractivity (Wildman–Crippen MR) is 79.3 cm³/mol. The van der Waals surface area contributed by atoms with Crippen LogP contribution >= 0.6 is 0 Å². The average molecular weight is 320 g/mol. The average Bonchev–Trinajstić information content (AvgIpc) is 3.17. The number of hydrogen-bond donors (Lipinski definition) is 2. The lowest BCUT2D eigenvalue weighted by atomic mass is 10.1. The molecule has 3 rings (SSSR count). The van der Waals surface area contributed by atoms with Gasteiger partial charge in [0.1, 0.15) is 11.4 Å². The fraction of sp³-hybridized carbons (Fsp3) is 0.438. The van der Waals surface area contributed by atoms with Crippen LogP contribution in [0.25, 0.3) is 0 Å². The highest BCUT2D eigenvalue weighted by Crippen LogP contribution is 2.36. The summed E-state index contributed by atoms with van der Waals surface area (Å²) in [7, 11) is 0. The van der Waals surface area contributed by atoms with E-state index in [2.05, 4.69) is 5.32 Å². The number of carbonyl (C=O) groups is 3. The monoisotopic (exact) mass is 320 g/mol. The molecule has 1 saturated carbocycles. The van der Waals surface area contributed by atoms with Gasteiger partial charge in [0.15, 0.2) is 0 Å². The summed E-state index contributed by atoms with van der Waals surface area (Å²) < 4.78 is 13.3. The van der Waals surface area contributed by atoms with Crippen LogP contribution in [0.5, 0.6) is 0 Å². The first-order chi connectivity index (χ1) is 10.8. The Morgan fingerprint density at radius 2 is 2.09 bits per heavy atom. The van der Waals surface area contributed by atoms with Crippen LogP contribution in [-0.4, -0.2) is 35.0 Å². The smallest absolute Gasteiger partial charge is 0.329 e. The maximum atomic E-state index is 13.3. The fourth-order valence-electron chi connectivity index (χ4n) is 2.78. The molecule has 1 heterocycles. The van der Waals surface area contributed by atoms with Gasteiger partial charge in [0.05, 0.1) is 5.92 Å². The van der Waals surface area contributed by atoms with Crippen molar-refractivity contribution in [2.45, 2.75) is 31.7 Å². The van der Waals surface area contributed by atoms with E-state index in [1.165, 1.54) is 17.0 Å². The zero-order chi connectivity index (χ0) is 16.8. The number of aryl methyl sites for hydroxylation is 1. The van der Waals surface area contributed by atoms with Crippen LogP contribution in [0.3, 0.4) is 0 Å². The molecule has 0 aromatic heterocycles. The summed E-state index contributed by atoms with van der Waals surface area (Å²) in [5, 5.41) is 11.7. The minimum Gasteiger partial charge on any atom is -0.480 e. The highest BCUT2D eigenvalue weighted by molar-refractivity contribution is 6.01. The molecule has 1 unspecified atom stereocenters. The highest BCUT2D eigenvalue weighted by Gasteiger charge is 2.52. The molecule has 7 heteroatoms. The number of nitrogens with zero attached hydrogens (tertiary/aromatic N) is 1. The van der Waals surface area contributed by atoms with Gasteiger partial charge in [0.2, 0.25) is 11.8 Å². The molecule has 2 aliphatic rings. The number of halogens is 1. The molecule has 0 spiro atoms. The number of rotatable bonds is 4. The van der Waals surface area contributed by atoms with Crippen LogP contribution in [0.2, 0.25) is 0 Å². The van der Waals surface area contributed by atoms with Gasteiger partial charge in [-0.15, -0.1) is 0 Å². The maximum absolute atomic E-state index is 13.3. The summed E-state index contributed by atoms with van der Waals surface area (Å²) in [5.74, 6) is -2.63. The van der Waals surface area contributed by atoms with Gasteiger partial charge in [-0.25, -0.2) is 9.18 Å². The van der Waals surface area contributed by atoms with Crippen molar-refractivity contribution in [3.8, 4) is 0 Å². The van der Waals surface area contributed by atoms with Crippen LogP contribution in [0.1, 0.15) is 24.8 Å². The van der Waals surface area contributed by atoms with Crippen LogP contribution in [0.4, 0.5) is 10.1 Å². The Morgan fingerprint density at radius 1 is 1.39 bits per heavy atom. The Labute approximate surface area is 132 Å². The summed E-state index contributed by atoms with van der Waals surface area (Å²) in [6.07, 6.45) is 0.850. The van der Waals surface area contributed by atoms with E-state index in [0.29, 0.717) is 24.1 Å². The van der Waals surface area contributed by atoms with Gasteiger partial charge in [-0.3, -0.25) is 9.59 Å². The van der Waals surface area contributed by atoms with Crippen molar-refractivity contribution in [2.75, 3.05) is 11.4 Å². The van der Waals surface area contributed by atoms with Gasteiger partial charge in [0, 0.05) is 18.7 Å². The first-order valence-electron chi connectivity index (χ1n) is 7.44. The molecule has 2 fully saturated rings. The van der Waals surface area contributed by atoms with Crippen molar-refractivity contribution in [3.05, 3.63) is 29.6 Å². The van der Waals surface area contributed by atoms with Crippen molar-refractivity contribution in [1.29, 1.82) is 0 Å². The van der Waals surface area contributed by atoms with E-state index in [1.807, 2.05) is 0 Å². The minimum atomic E-state index is -1.15. The van der Waals surface area contributed by atoms with E-state index in [9.17, 15) is 18.8 Å². The third-order valence-corrected chi connectivity index (χ3v) is 4.47.